The Morgan fingerprint density at radius 2 is 1.02 bits per heavy atom. The van der Waals surface area contributed by atoms with E-state index in [0.29, 0.717) is 0 Å². The predicted molar refractivity (Wildman–Crippen MR) is 188 cm³/mol. The molecular formula is C40H50BrN. The van der Waals surface area contributed by atoms with Gasteiger partial charge in [0.2, 0.25) is 0 Å². The number of unbranched alkanes of at least 4 members (excludes halogenated alkanes) is 10. The van der Waals surface area contributed by atoms with Crippen LogP contribution in [-0.4, -0.2) is 0 Å². The fourth-order valence-corrected chi connectivity index (χ4v) is 6.09. The summed E-state index contributed by atoms with van der Waals surface area (Å²) in [5, 5.41) is 0. The maximum Gasteiger partial charge on any atom is 0.0540 e. The first kappa shape index (κ1) is 32.1. The molecule has 4 aromatic rings. The van der Waals surface area contributed by atoms with Crippen LogP contribution in [0.1, 0.15) is 102 Å². The summed E-state index contributed by atoms with van der Waals surface area (Å²) in [6.07, 6.45) is 18.3. The van der Waals surface area contributed by atoms with E-state index < -0.39 is 0 Å². The average molecular weight is 625 g/mol. The smallest absolute Gasteiger partial charge is 0.0540 e. The Morgan fingerprint density at radius 3 is 1.64 bits per heavy atom. The highest BCUT2D eigenvalue weighted by atomic mass is 79.9. The first-order valence-corrected chi connectivity index (χ1v) is 17.3. The minimum atomic E-state index is 1.11. The highest BCUT2D eigenvalue weighted by molar-refractivity contribution is 9.10. The third-order valence-electron chi connectivity index (χ3n) is 8.30. The van der Waals surface area contributed by atoms with Crippen LogP contribution in [0.3, 0.4) is 0 Å². The van der Waals surface area contributed by atoms with Gasteiger partial charge in [0.25, 0.3) is 0 Å². The molecule has 0 radical (unpaired) electrons. The van der Waals surface area contributed by atoms with Gasteiger partial charge in [-0.25, -0.2) is 0 Å². The van der Waals surface area contributed by atoms with Crippen LogP contribution in [0, 0.1) is 0 Å². The molecule has 0 fully saturated rings. The van der Waals surface area contributed by atoms with Gasteiger partial charge in [0, 0.05) is 21.4 Å². The summed E-state index contributed by atoms with van der Waals surface area (Å²) in [6, 6.07) is 36.1. The first-order valence-electron chi connectivity index (χ1n) is 16.5. The molecular weight excluding hydrogens is 574 g/mol. The third-order valence-corrected chi connectivity index (χ3v) is 8.83. The normalized spacial score (nSPS) is 11.1. The number of aryl methyl sites for hydroxylation is 2. The molecule has 0 atom stereocenters. The van der Waals surface area contributed by atoms with Gasteiger partial charge in [-0.05, 0) is 90.9 Å². The largest absolute Gasteiger partial charge is 0.310 e. The zero-order valence-electron chi connectivity index (χ0n) is 26.0. The highest BCUT2D eigenvalue weighted by Crippen LogP contribution is 2.41. The van der Waals surface area contributed by atoms with E-state index in [-0.39, 0.29) is 0 Å². The molecule has 0 aromatic heterocycles. The van der Waals surface area contributed by atoms with Crippen molar-refractivity contribution in [3.63, 3.8) is 0 Å². The fourth-order valence-electron chi connectivity index (χ4n) is 5.83. The van der Waals surface area contributed by atoms with E-state index in [9.17, 15) is 0 Å². The summed E-state index contributed by atoms with van der Waals surface area (Å²) < 4.78 is 1.11. The average Bonchev–Trinajstić information content (AvgIpc) is 3.03. The molecule has 0 aliphatic heterocycles. The molecule has 0 N–H and O–H groups in total. The molecule has 0 bridgehead atoms. The van der Waals surface area contributed by atoms with Gasteiger partial charge in [0.15, 0.2) is 0 Å². The van der Waals surface area contributed by atoms with E-state index in [0.717, 1.165) is 17.3 Å². The minimum Gasteiger partial charge on any atom is -0.310 e. The molecule has 0 aliphatic rings. The van der Waals surface area contributed by atoms with Crippen molar-refractivity contribution in [2.24, 2.45) is 0 Å². The molecule has 4 rings (SSSR count). The molecule has 0 saturated heterocycles. The standard InChI is InChI=1S/C40H50BrN/c1-3-5-7-9-11-14-18-33-22-29-38(30-23-33)42(37-20-16-13-17-21-37)40-31-24-34(19-15-12-10-8-6-4-2)32-39(40)35-25-27-36(41)28-26-35/h13,16-17,20-32H,3-12,14-15,18-19H2,1-2H3. The molecule has 0 unspecified atom stereocenters. The van der Waals surface area contributed by atoms with Crippen molar-refractivity contribution >= 4 is 33.0 Å². The van der Waals surface area contributed by atoms with E-state index >= 15 is 0 Å². The van der Waals surface area contributed by atoms with Crippen LogP contribution >= 0.6 is 15.9 Å². The number of hydrogen-bond acceptors (Lipinski definition) is 1. The molecule has 0 heterocycles. The number of para-hydroxylation sites is 1. The maximum atomic E-state index is 3.64. The Bertz CT molecular complexity index is 1290. The summed E-state index contributed by atoms with van der Waals surface area (Å²) in [4.78, 5) is 2.43. The number of hydrogen-bond donors (Lipinski definition) is 0. The van der Waals surface area contributed by atoms with Crippen LogP contribution in [0.15, 0.2) is 102 Å². The van der Waals surface area contributed by atoms with Crippen molar-refractivity contribution in [3.8, 4) is 11.1 Å². The molecule has 1 nitrogen and oxygen atoms in total. The molecule has 42 heavy (non-hydrogen) atoms. The van der Waals surface area contributed by atoms with Gasteiger partial charge in [-0.1, -0.05) is 143 Å². The molecule has 222 valence electrons. The van der Waals surface area contributed by atoms with Gasteiger partial charge in [-0.15, -0.1) is 0 Å². The van der Waals surface area contributed by atoms with Gasteiger partial charge < -0.3 is 4.90 Å². The Morgan fingerprint density at radius 1 is 0.500 bits per heavy atom. The second-order valence-electron chi connectivity index (χ2n) is 11.7. The number of nitrogens with zero attached hydrogens (tertiary/aromatic N) is 1. The quantitative estimate of drug-likeness (QED) is 0.0996. The molecule has 4 aromatic carbocycles. The number of anilines is 3. The van der Waals surface area contributed by atoms with Crippen LogP contribution in [0.4, 0.5) is 17.1 Å². The van der Waals surface area contributed by atoms with E-state index in [1.807, 2.05) is 0 Å². The van der Waals surface area contributed by atoms with Crippen LogP contribution in [-0.2, 0) is 12.8 Å². The summed E-state index contributed by atoms with van der Waals surface area (Å²) in [7, 11) is 0. The van der Waals surface area contributed by atoms with Gasteiger partial charge in [-0.2, -0.15) is 0 Å². The van der Waals surface area contributed by atoms with Crippen LogP contribution < -0.4 is 4.90 Å². The van der Waals surface area contributed by atoms with E-state index in [1.54, 1.807) is 0 Å². The van der Waals surface area contributed by atoms with Crippen molar-refractivity contribution in [1.29, 1.82) is 0 Å². The second kappa shape index (κ2) is 18.0. The first-order chi connectivity index (χ1) is 20.7. The molecule has 0 spiro atoms. The van der Waals surface area contributed by atoms with Gasteiger partial charge in [-0.3, -0.25) is 0 Å². The van der Waals surface area contributed by atoms with Crippen molar-refractivity contribution in [3.05, 3.63) is 113 Å². The Hall–Kier alpha value is -2.84. The zero-order valence-corrected chi connectivity index (χ0v) is 27.5. The van der Waals surface area contributed by atoms with E-state index in [1.165, 1.54) is 116 Å². The van der Waals surface area contributed by atoms with E-state index in [2.05, 4.69) is 132 Å². The third kappa shape index (κ3) is 9.87. The van der Waals surface area contributed by atoms with Crippen molar-refractivity contribution in [1.82, 2.24) is 0 Å². The molecule has 2 heteroatoms. The van der Waals surface area contributed by atoms with E-state index in [4.69, 9.17) is 0 Å². The van der Waals surface area contributed by atoms with Crippen molar-refractivity contribution in [2.75, 3.05) is 4.90 Å². The monoisotopic (exact) mass is 623 g/mol. The lowest BCUT2D eigenvalue weighted by molar-refractivity contribution is 0.607. The highest BCUT2D eigenvalue weighted by Gasteiger charge is 2.18. The van der Waals surface area contributed by atoms with Crippen LogP contribution in [0.25, 0.3) is 11.1 Å². The van der Waals surface area contributed by atoms with Crippen LogP contribution in [0.5, 0.6) is 0 Å². The van der Waals surface area contributed by atoms with Crippen molar-refractivity contribution in [2.45, 2.75) is 104 Å². The minimum absolute atomic E-state index is 1.11. The van der Waals surface area contributed by atoms with Gasteiger partial charge in [0.05, 0.1) is 5.69 Å². The second-order valence-corrected chi connectivity index (χ2v) is 12.6. The lowest BCUT2D eigenvalue weighted by atomic mass is 9.96. The number of benzene rings is 4. The molecule has 0 aliphatic carbocycles. The van der Waals surface area contributed by atoms with Gasteiger partial charge >= 0.3 is 0 Å². The SMILES string of the molecule is CCCCCCCCc1ccc(N(c2ccccc2)c2ccc(CCCCCCCC)cc2-c2ccc(Br)cc2)cc1. The molecule has 0 saturated carbocycles. The summed E-state index contributed by atoms with van der Waals surface area (Å²) in [5.74, 6) is 0. The molecule has 0 amide bonds. The lowest BCUT2D eigenvalue weighted by Gasteiger charge is -2.28. The summed E-state index contributed by atoms with van der Waals surface area (Å²) in [6.45, 7) is 4.57. The predicted octanol–water partition coefficient (Wildman–Crippen LogP) is 13.4. The number of halogens is 1. The Balaban J connectivity index is 1.61. The Kier molecular flexibility index (Phi) is 13.7. The zero-order chi connectivity index (χ0) is 29.4. The van der Waals surface area contributed by atoms with Crippen molar-refractivity contribution < 1.29 is 0 Å². The summed E-state index contributed by atoms with van der Waals surface area (Å²) >= 11 is 3.64. The number of rotatable bonds is 18. The summed E-state index contributed by atoms with van der Waals surface area (Å²) in [5.41, 5.74) is 9.00. The topological polar surface area (TPSA) is 3.24 Å². The van der Waals surface area contributed by atoms with Crippen LogP contribution in [0.2, 0.25) is 0 Å². The Labute approximate surface area is 264 Å². The van der Waals surface area contributed by atoms with Gasteiger partial charge in [0.1, 0.15) is 0 Å². The fraction of sp³-hybridized carbons (Fsp3) is 0.400. The maximum absolute atomic E-state index is 3.64. The lowest BCUT2D eigenvalue weighted by Crippen LogP contribution is -2.11.